The summed E-state index contributed by atoms with van der Waals surface area (Å²) < 4.78 is 11.9. The van der Waals surface area contributed by atoms with Crippen molar-refractivity contribution in [2.24, 2.45) is 0 Å². The minimum atomic E-state index is -2.79. The second-order valence-electron chi connectivity index (χ2n) is 12.7. The molecule has 45 heavy (non-hydrogen) atoms. The molecule has 8 atom stereocenters. The number of hydrogen-bond donors (Lipinski definition) is 10. The molecule has 1 saturated heterocycles. The minimum Gasteiger partial charge on any atom is -0.394 e. The van der Waals surface area contributed by atoms with Crippen LogP contribution < -0.4 is 0 Å². The van der Waals surface area contributed by atoms with Crippen LogP contribution in [0, 0.1) is 0 Å². The second kappa shape index (κ2) is 22.8. The van der Waals surface area contributed by atoms with E-state index in [4.69, 9.17) is 9.47 Å². The summed E-state index contributed by atoms with van der Waals surface area (Å²) >= 11 is 0. The van der Waals surface area contributed by atoms with E-state index in [2.05, 4.69) is 19.1 Å². The maximum Gasteiger partial charge on any atom is 0.203 e. The van der Waals surface area contributed by atoms with Gasteiger partial charge >= 0.3 is 0 Å². The number of ether oxygens (including phenoxy) is 2. The minimum absolute atomic E-state index is 0.0518. The van der Waals surface area contributed by atoms with Crippen molar-refractivity contribution in [3.63, 3.8) is 0 Å². The molecule has 12 nitrogen and oxygen atoms in total. The van der Waals surface area contributed by atoms with Crippen LogP contribution in [0.25, 0.3) is 0 Å². The van der Waals surface area contributed by atoms with Gasteiger partial charge in [0.15, 0.2) is 5.60 Å². The van der Waals surface area contributed by atoms with E-state index in [9.17, 15) is 51.1 Å². The maximum atomic E-state index is 12.1. The Kier molecular flexibility index (Phi) is 21.4. The first kappa shape index (κ1) is 42.3. The lowest BCUT2D eigenvalue weighted by atomic mass is 9.63. The zero-order chi connectivity index (χ0) is 33.8. The number of allylic oxidation sites excluding steroid dienone is 2. The third-order valence-electron chi connectivity index (χ3n) is 8.92. The predicted molar refractivity (Wildman–Crippen MR) is 169 cm³/mol. The Morgan fingerprint density at radius 3 is 1.64 bits per heavy atom. The van der Waals surface area contributed by atoms with Crippen molar-refractivity contribution >= 4 is 0 Å². The molecule has 0 saturated carbocycles. The first-order valence-corrected chi connectivity index (χ1v) is 17.1. The largest absolute Gasteiger partial charge is 0.394 e. The van der Waals surface area contributed by atoms with Crippen molar-refractivity contribution in [1.29, 1.82) is 0 Å². The number of rotatable bonds is 27. The van der Waals surface area contributed by atoms with E-state index in [0.717, 1.165) is 44.9 Å². The van der Waals surface area contributed by atoms with Gasteiger partial charge < -0.3 is 60.5 Å². The van der Waals surface area contributed by atoms with Gasteiger partial charge in [0.1, 0.15) is 17.8 Å². The molecular formula is C33H64O12. The highest BCUT2D eigenvalue weighted by molar-refractivity contribution is 5.18. The van der Waals surface area contributed by atoms with Crippen molar-refractivity contribution in [1.82, 2.24) is 0 Å². The molecule has 1 rings (SSSR count). The Morgan fingerprint density at radius 2 is 1.13 bits per heavy atom. The molecule has 12 heteroatoms. The Balaban J connectivity index is 2.82. The van der Waals surface area contributed by atoms with E-state index in [1.54, 1.807) is 0 Å². The van der Waals surface area contributed by atoms with E-state index in [1.165, 1.54) is 38.5 Å². The van der Waals surface area contributed by atoms with Gasteiger partial charge in [-0.25, -0.2) is 0 Å². The molecule has 0 radical (unpaired) electrons. The molecule has 1 heterocycles. The van der Waals surface area contributed by atoms with Crippen molar-refractivity contribution < 1.29 is 60.5 Å². The molecule has 0 aromatic heterocycles. The van der Waals surface area contributed by atoms with Crippen LogP contribution in [0.1, 0.15) is 116 Å². The molecule has 0 bridgehead atoms. The van der Waals surface area contributed by atoms with E-state index in [1.807, 2.05) is 0 Å². The molecule has 268 valence electrons. The zero-order valence-electron chi connectivity index (χ0n) is 27.4. The Morgan fingerprint density at radius 1 is 0.667 bits per heavy atom. The molecule has 0 aliphatic carbocycles. The summed E-state index contributed by atoms with van der Waals surface area (Å²) in [7, 11) is 0. The molecule has 10 N–H and O–H groups in total. The fourth-order valence-electron chi connectivity index (χ4n) is 6.27. The van der Waals surface area contributed by atoms with E-state index in [-0.39, 0.29) is 6.61 Å². The summed E-state index contributed by atoms with van der Waals surface area (Å²) in [4.78, 5) is 0. The van der Waals surface area contributed by atoms with Gasteiger partial charge in [-0.1, -0.05) is 76.9 Å². The van der Waals surface area contributed by atoms with Crippen molar-refractivity contribution in [2.75, 3.05) is 33.0 Å². The standard InChI is InChI=1S/C33H64O12/c1-2-3-4-5-6-7-8-9-10-11-12-13-14-15-16-17-18-44-33(21-28(40)24-36)32(43,20-27(39)23-35)31(42,19-26(38)22-34)30(41)29(25-37)45-33/h9-10,26-30,34-43H,2-8,11-25H2,1H3/t26?,27?,28?,29-,30-,31+,32-,33?/m1/s1. The Hall–Kier alpha value is -0.740. The summed E-state index contributed by atoms with van der Waals surface area (Å²) in [6, 6.07) is 0. The lowest BCUT2D eigenvalue weighted by Crippen LogP contribution is -2.81. The van der Waals surface area contributed by atoms with Gasteiger partial charge in [0.25, 0.3) is 0 Å². The summed E-state index contributed by atoms with van der Waals surface area (Å²) in [5.74, 6) is -2.40. The fourth-order valence-corrected chi connectivity index (χ4v) is 6.27. The smallest absolute Gasteiger partial charge is 0.203 e. The highest BCUT2D eigenvalue weighted by atomic mass is 16.7. The zero-order valence-corrected chi connectivity index (χ0v) is 27.4. The topological polar surface area (TPSA) is 221 Å². The van der Waals surface area contributed by atoms with Crippen LogP contribution in [-0.2, 0) is 9.47 Å². The van der Waals surface area contributed by atoms with Gasteiger partial charge in [-0.2, -0.15) is 0 Å². The molecule has 1 aliphatic heterocycles. The van der Waals surface area contributed by atoms with Crippen LogP contribution in [0.15, 0.2) is 12.2 Å². The van der Waals surface area contributed by atoms with Crippen LogP contribution in [0.5, 0.6) is 0 Å². The molecule has 4 unspecified atom stereocenters. The predicted octanol–water partition coefficient (Wildman–Crippen LogP) is 1.18. The summed E-state index contributed by atoms with van der Waals surface area (Å²) in [6.45, 7) is -1.17. The quantitative estimate of drug-likeness (QED) is 0.0447. The summed E-state index contributed by atoms with van der Waals surface area (Å²) in [5, 5.41) is 105. The van der Waals surface area contributed by atoms with Crippen LogP contribution >= 0.6 is 0 Å². The van der Waals surface area contributed by atoms with Crippen LogP contribution in [0.4, 0.5) is 0 Å². The summed E-state index contributed by atoms with van der Waals surface area (Å²) in [5.41, 5.74) is -5.54. The maximum absolute atomic E-state index is 12.1. The lowest BCUT2D eigenvalue weighted by molar-refractivity contribution is -0.438. The number of aliphatic hydroxyl groups is 10. The first-order chi connectivity index (χ1) is 21.5. The van der Waals surface area contributed by atoms with Gasteiger partial charge in [0, 0.05) is 19.3 Å². The van der Waals surface area contributed by atoms with Gasteiger partial charge in [0.2, 0.25) is 5.79 Å². The van der Waals surface area contributed by atoms with Crippen LogP contribution in [-0.4, -0.2) is 132 Å². The molecule has 1 aliphatic rings. The number of unbranched alkanes of at least 4 members (excludes halogenated alkanes) is 12. The Labute approximate surface area is 269 Å². The molecule has 0 aromatic carbocycles. The van der Waals surface area contributed by atoms with Gasteiger partial charge in [-0.05, 0) is 32.1 Å². The molecular weight excluding hydrogens is 588 g/mol. The highest BCUT2D eigenvalue weighted by Gasteiger charge is 2.72. The van der Waals surface area contributed by atoms with Crippen LogP contribution in [0.3, 0.4) is 0 Å². The first-order valence-electron chi connectivity index (χ1n) is 17.1. The van der Waals surface area contributed by atoms with Crippen LogP contribution in [0.2, 0.25) is 0 Å². The summed E-state index contributed by atoms with van der Waals surface area (Å²) in [6.07, 6.45) is 9.10. The lowest BCUT2D eigenvalue weighted by Gasteiger charge is -2.61. The normalized spacial score (nSPS) is 29.3. The molecule has 1 fully saturated rings. The van der Waals surface area contributed by atoms with Gasteiger partial charge in [-0.15, -0.1) is 0 Å². The number of aliphatic hydroxyl groups excluding tert-OH is 8. The van der Waals surface area contributed by atoms with E-state index < -0.39 is 93.2 Å². The van der Waals surface area contributed by atoms with E-state index >= 15 is 0 Å². The third kappa shape index (κ3) is 13.0. The number of hydrogen-bond acceptors (Lipinski definition) is 12. The van der Waals surface area contributed by atoms with Gasteiger partial charge in [0.05, 0.1) is 51.3 Å². The third-order valence-corrected chi connectivity index (χ3v) is 8.92. The van der Waals surface area contributed by atoms with Crippen molar-refractivity contribution in [3.05, 3.63) is 12.2 Å². The fraction of sp³-hybridized carbons (Fsp3) is 0.939. The molecule has 0 amide bonds. The van der Waals surface area contributed by atoms with Gasteiger partial charge in [-0.3, -0.25) is 0 Å². The Bertz CT molecular complexity index is 772. The average molecular weight is 653 g/mol. The van der Waals surface area contributed by atoms with E-state index in [0.29, 0.717) is 6.42 Å². The SMILES string of the molecule is CCCCCCCCC=CCCCCCCCCOC1(CC(O)CO)O[C@H](CO)[C@@H](O)[C@@](O)(CC(O)CO)[C@]1(O)CC(O)CO. The monoisotopic (exact) mass is 652 g/mol. The van der Waals surface area contributed by atoms with Crippen molar-refractivity contribution in [2.45, 2.75) is 164 Å². The average Bonchev–Trinajstić information content (AvgIpc) is 3.03. The molecule has 0 spiro atoms. The second-order valence-corrected chi connectivity index (χ2v) is 12.7. The molecule has 0 aromatic rings. The highest BCUT2D eigenvalue weighted by Crippen LogP contribution is 2.52. The van der Waals surface area contributed by atoms with Crippen molar-refractivity contribution in [3.8, 4) is 0 Å².